The van der Waals surface area contributed by atoms with Gasteiger partial charge in [-0.15, -0.1) is 0 Å². The molecule has 3 nitrogen and oxygen atoms in total. The van der Waals surface area contributed by atoms with Gasteiger partial charge in [0.1, 0.15) is 0 Å². The summed E-state index contributed by atoms with van der Waals surface area (Å²) in [6, 6.07) is 1.11. The summed E-state index contributed by atoms with van der Waals surface area (Å²) in [5, 5.41) is 7.51. The highest BCUT2D eigenvalue weighted by Crippen LogP contribution is 2.34. The van der Waals surface area contributed by atoms with Crippen molar-refractivity contribution in [3.63, 3.8) is 0 Å². The molecule has 0 aromatic carbocycles. The summed E-state index contributed by atoms with van der Waals surface area (Å²) in [4.78, 5) is 0. The van der Waals surface area contributed by atoms with E-state index < -0.39 is 0 Å². The summed E-state index contributed by atoms with van der Waals surface area (Å²) in [5.74, 6) is 0. The van der Waals surface area contributed by atoms with Crippen molar-refractivity contribution in [1.29, 1.82) is 0 Å². The number of thiocarbonyl (C=S) groups is 1. The first-order valence-corrected chi connectivity index (χ1v) is 5.94. The van der Waals surface area contributed by atoms with Crippen LogP contribution in [-0.4, -0.2) is 29.4 Å². The Labute approximate surface area is 89.6 Å². The average Bonchev–Trinajstić information content (AvgIpc) is 2.74. The lowest BCUT2D eigenvalue weighted by molar-refractivity contribution is 0.0993. The summed E-state index contributed by atoms with van der Waals surface area (Å²) in [6.45, 7) is 0. The third-order valence-corrected chi connectivity index (χ3v) is 3.57. The van der Waals surface area contributed by atoms with Crippen molar-refractivity contribution in [3.8, 4) is 0 Å². The predicted octanol–water partition coefficient (Wildman–Crippen LogP) is 0.933. The van der Waals surface area contributed by atoms with E-state index in [1.807, 2.05) is 0 Å². The molecule has 0 spiro atoms. The zero-order valence-electron chi connectivity index (χ0n) is 8.16. The fourth-order valence-corrected chi connectivity index (χ4v) is 2.73. The SMILES string of the molecule is S=C(NC1CC1)NC1CC2CCC1O2. The topological polar surface area (TPSA) is 33.3 Å². The Morgan fingerprint density at radius 2 is 2.00 bits per heavy atom. The molecule has 2 N–H and O–H groups in total. The molecule has 1 aliphatic carbocycles. The van der Waals surface area contributed by atoms with E-state index in [0.29, 0.717) is 24.3 Å². The van der Waals surface area contributed by atoms with E-state index in [-0.39, 0.29) is 0 Å². The van der Waals surface area contributed by atoms with Gasteiger partial charge in [0.15, 0.2) is 5.11 Å². The van der Waals surface area contributed by atoms with E-state index in [0.717, 1.165) is 11.5 Å². The molecule has 4 heteroatoms. The Hall–Kier alpha value is -0.350. The molecule has 3 fully saturated rings. The van der Waals surface area contributed by atoms with Crippen LogP contribution in [0.15, 0.2) is 0 Å². The van der Waals surface area contributed by atoms with Crippen molar-refractivity contribution in [2.75, 3.05) is 0 Å². The maximum absolute atomic E-state index is 5.76. The fraction of sp³-hybridized carbons (Fsp3) is 0.900. The molecule has 3 atom stereocenters. The van der Waals surface area contributed by atoms with Crippen LogP contribution in [0.3, 0.4) is 0 Å². The van der Waals surface area contributed by atoms with Crippen LogP contribution in [0, 0.1) is 0 Å². The summed E-state index contributed by atoms with van der Waals surface area (Å²) in [7, 11) is 0. The van der Waals surface area contributed by atoms with Crippen LogP contribution in [0.1, 0.15) is 32.1 Å². The monoisotopic (exact) mass is 212 g/mol. The molecular formula is C10H16N2OS. The Morgan fingerprint density at radius 3 is 2.57 bits per heavy atom. The number of rotatable bonds is 2. The first kappa shape index (κ1) is 8.92. The van der Waals surface area contributed by atoms with Gasteiger partial charge in [0, 0.05) is 6.04 Å². The van der Waals surface area contributed by atoms with Crippen LogP contribution in [0.2, 0.25) is 0 Å². The van der Waals surface area contributed by atoms with Gasteiger partial charge >= 0.3 is 0 Å². The van der Waals surface area contributed by atoms with E-state index in [2.05, 4.69) is 10.6 Å². The third kappa shape index (κ3) is 1.73. The van der Waals surface area contributed by atoms with Gasteiger partial charge in [-0.3, -0.25) is 0 Å². The minimum atomic E-state index is 0.416. The predicted molar refractivity (Wildman–Crippen MR) is 58.2 cm³/mol. The molecule has 0 amide bonds. The minimum Gasteiger partial charge on any atom is -0.373 e. The van der Waals surface area contributed by atoms with Crippen LogP contribution in [0.25, 0.3) is 0 Å². The highest BCUT2D eigenvalue weighted by atomic mass is 32.1. The van der Waals surface area contributed by atoms with Crippen LogP contribution in [0.5, 0.6) is 0 Å². The lowest BCUT2D eigenvalue weighted by Gasteiger charge is -2.21. The van der Waals surface area contributed by atoms with Crippen molar-refractivity contribution in [3.05, 3.63) is 0 Å². The lowest BCUT2D eigenvalue weighted by Crippen LogP contribution is -2.46. The Bertz CT molecular complexity index is 255. The first-order valence-electron chi connectivity index (χ1n) is 5.54. The number of hydrogen-bond donors (Lipinski definition) is 2. The summed E-state index contributed by atoms with van der Waals surface area (Å²) in [6.07, 6.45) is 7.04. The fourth-order valence-electron chi connectivity index (χ4n) is 2.41. The molecular weight excluding hydrogens is 196 g/mol. The van der Waals surface area contributed by atoms with E-state index >= 15 is 0 Å². The number of nitrogens with one attached hydrogen (secondary N) is 2. The van der Waals surface area contributed by atoms with Crippen molar-refractivity contribution in [2.24, 2.45) is 0 Å². The Morgan fingerprint density at radius 1 is 1.14 bits per heavy atom. The Kier molecular flexibility index (Phi) is 2.13. The standard InChI is InChI=1S/C10H16N2OS/c14-10(11-6-1-2-6)12-8-5-7-3-4-9(8)13-7/h6-9H,1-5H2,(H2,11,12,14). The highest BCUT2D eigenvalue weighted by Gasteiger charge is 2.41. The molecule has 3 unspecified atom stereocenters. The maximum atomic E-state index is 5.76. The molecule has 0 radical (unpaired) electrons. The van der Waals surface area contributed by atoms with Gasteiger partial charge in [-0.1, -0.05) is 0 Å². The van der Waals surface area contributed by atoms with Gasteiger partial charge in [-0.2, -0.15) is 0 Å². The largest absolute Gasteiger partial charge is 0.373 e. The van der Waals surface area contributed by atoms with Crippen molar-refractivity contribution in [1.82, 2.24) is 10.6 Å². The van der Waals surface area contributed by atoms with Gasteiger partial charge in [-0.05, 0) is 44.3 Å². The van der Waals surface area contributed by atoms with E-state index in [9.17, 15) is 0 Å². The van der Waals surface area contributed by atoms with Crippen LogP contribution in [-0.2, 0) is 4.74 Å². The van der Waals surface area contributed by atoms with E-state index in [4.69, 9.17) is 17.0 Å². The van der Waals surface area contributed by atoms with Crippen LogP contribution < -0.4 is 10.6 Å². The number of hydrogen-bond acceptors (Lipinski definition) is 2. The summed E-state index contributed by atoms with van der Waals surface area (Å²) in [5.41, 5.74) is 0. The average molecular weight is 212 g/mol. The Balaban J connectivity index is 1.49. The second kappa shape index (κ2) is 3.35. The zero-order chi connectivity index (χ0) is 9.54. The minimum absolute atomic E-state index is 0.416. The molecule has 0 aromatic heterocycles. The second-order valence-electron chi connectivity index (χ2n) is 4.61. The van der Waals surface area contributed by atoms with Gasteiger partial charge in [0.05, 0.1) is 18.2 Å². The first-order chi connectivity index (χ1) is 6.81. The summed E-state index contributed by atoms with van der Waals surface area (Å²) >= 11 is 5.24. The number of fused-ring (bicyclic) bond motifs is 2. The molecule has 0 aromatic rings. The van der Waals surface area contributed by atoms with E-state index in [1.54, 1.807) is 0 Å². The molecule has 3 aliphatic rings. The molecule has 1 saturated carbocycles. The molecule has 14 heavy (non-hydrogen) atoms. The van der Waals surface area contributed by atoms with Crippen molar-refractivity contribution < 1.29 is 4.74 Å². The molecule has 2 bridgehead atoms. The normalized spacial score (nSPS) is 39.9. The molecule has 2 heterocycles. The van der Waals surface area contributed by atoms with Crippen LogP contribution in [0.4, 0.5) is 0 Å². The van der Waals surface area contributed by atoms with Crippen molar-refractivity contribution in [2.45, 2.75) is 56.4 Å². The van der Waals surface area contributed by atoms with Gasteiger partial charge in [0.25, 0.3) is 0 Å². The van der Waals surface area contributed by atoms with Crippen LogP contribution >= 0.6 is 12.2 Å². The van der Waals surface area contributed by atoms with Gasteiger partial charge in [-0.25, -0.2) is 0 Å². The van der Waals surface area contributed by atoms with Gasteiger partial charge < -0.3 is 15.4 Å². The maximum Gasteiger partial charge on any atom is 0.166 e. The molecule has 2 saturated heterocycles. The van der Waals surface area contributed by atoms with Crippen molar-refractivity contribution >= 4 is 17.3 Å². The molecule has 3 rings (SSSR count). The molecule has 78 valence electrons. The zero-order valence-corrected chi connectivity index (χ0v) is 8.98. The number of ether oxygens (including phenoxy) is 1. The van der Waals surface area contributed by atoms with E-state index in [1.165, 1.54) is 25.7 Å². The molecule has 2 aliphatic heterocycles. The van der Waals surface area contributed by atoms with Gasteiger partial charge in [0.2, 0.25) is 0 Å². The second-order valence-corrected chi connectivity index (χ2v) is 5.02. The summed E-state index contributed by atoms with van der Waals surface area (Å²) < 4.78 is 5.76. The smallest absolute Gasteiger partial charge is 0.166 e. The quantitative estimate of drug-likeness (QED) is 0.667. The highest BCUT2D eigenvalue weighted by molar-refractivity contribution is 7.80. The third-order valence-electron chi connectivity index (χ3n) is 3.34. The lowest BCUT2D eigenvalue weighted by atomic mass is 9.96.